The summed E-state index contributed by atoms with van der Waals surface area (Å²) in [5.74, 6) is -0.200. The summed E-state index contributed by atoms with van der Waals surface area (Å²) in [5, 5.41) is 13.3. The van der Waals surface area contributed by atoms with Gasteiger partial charge in [-0.15, -0.1) is 0 Å². The average molecular weight is 287 g/mol. The van der Waals surface area contributed by atoms with Gasteiger partial charge in [0.15, 0.2) is 5.69 Å². The third-order valence-corrected chi connectivity index (χ3v) is 3.31. The van der Waals surface area contributed by atoms with Gasteiger partial charge in [0.1, 0.15) is 0 Å². The van der Waals surface area contributed by atoms with E-state index in [4.69, 9.17) is 0 Å². The maximum atomic E-state index is 12.3. The summed E-state index contributed by atoms with van der Waals surface area (Å²) < 4.78 is 0. The molecule has 2 aromatic rings. The maximum absolute atomic E-state index is 12.3. The van der Waals surface area contributed by atoms with Crippen LogP contribution in [0.2, 0.25) is 0 Å². The zero-order valence-electron chi connectivity index (χ0n) is 12.6. The number of aromatic amines is 1. The summed E-state index contributed by atoms with van der Waals surface area (Å²) in [5.41, 5.74) is 2.04. The van der Waals surface area contributed by atoms with Crippen LogP contribution in [0.3, 0.4) is 0 Å². The van der Waals surface area contributed by atoms with E-state index < -0.39 is 0 Å². The molecule has 1 amide bonds. The molecule has 6 heteroatoms. The Kier molecular flexibility index (Phi) is 5.05. The number of rotatable bonds is 6. The van der Waals surface area contributed by atoms with Crippen LogP contribution in [0.25, 0.3) is 0 Å². The lowest BCUT2D eigenvalue weighted by Crippen LogP contribution is -2.31. The molecule has 0 radical (unpaired) electrons. The van der Waals surface area contributed by atoms with Crippen molar-refractivity contribution in [1.82, 2.24) is 25.6 Å². The van der Waals surface area contributed by atoms with Crippen molar-refractivity contribution in [1.29, 1.82) is 0 Å². The molecule has 1 atom stereocenters. The van der Waals surface area contributed by atoms with Gasteiger partial charge in [0.2, 0.25) is 0 Å². The Bertz CT molecular complexity index is 579. The molecule has 0 bridgehead atoms. The molecule has 112 valence electrons. The molecule has 21 heavy (non-hydrogen) atoms. The van der Waals surface area contributed by atoms with Crippen molar-refractivity contribution in [2.45, 2.75) is 19.4 Å². The molecule has 0 saturated heterocycles. The topological polar surface area (TPSA) is 73.9 Å². The number of hydrogen-bond donors (Lipinski definition) is 2. The molecule has 2 rings (SSSR count). The number of aromatic nitrogens is 3. The highest BCUT2D eigenvalue weighted by atomic mass is 16.2. The van der Waals surface area contributed by atoms with Gasteiger partial charge in [-0.25, -0.2) is 0 Å². The molecule has 6 nitrogen and oxygen atoms in total. The van der Waals surface area contributed by atoms with E-state index in [1.165, 1.54) is 0 Å². The highest BCUT2D eigenvalue weighted by Crippen LogP contribution is 2.17. The molecule has 1 aromatic carbocycles. The number of aryl methyl sites for hydroxylation is 1. The van der Waals surface area contributed by atoms with Crippen LogP contribution in [0.1, 0.15) is 34.2 Å². The van der Waals surface area contributed by atoms with Gasteiger partial charge in [-0.05, 0) is 39.5 Å². The fourth-order valence-electron chi connectivity index (χ4n) is 2.12. The standard InChI is InChI=1S/C15H21N5O/c1-11-14(18-19-17-11)15(21)16-13(9-10-20(2)3)12-7-5-4-6-8-12/h4-8,13H,9-10H2,1-3H3,(H,16,21)(H,17,18,19)/t13-/m0/s1. The Hall–Kier alpha value is -2.21. The second kappa shape index (κ2) is 6.99. The first kappa shape index (κ1) is 15.2. The highest BCUT2D eigenvalue weighted by Gasteiger charge is 2.19. The summed E-state index contributed by atoms with van der Waals surface area (Å²) in [7, 11) is 4.04. The van der Waals surface area contributed by atoms with E-state index in [2.05, 4.69) is 25.6 Å². The Morgan fingerprint density at radius 3 is 2.57 bits per heavy atom. The van der Waals surface area contributed by atoms with Gasteiger partial charge in [-0.1, -0.05) is 30.3 Å². The molecule has 2 N–H and O–H groups in total. The van der Waals surface area contributed by atoms with Crippen LogP contribution >= 0.6 is 0 Å². The van der Waals surface area contributed by atoms with Gasteiger partial charge in [0.25, 0.3) is 5.91 Å². The lowest BCUT2D eigenvalue weighted by atomic mass is 10.0. The molecular formula is C15H21N5O. The van der Waals surface area contributed by atoms with Crippen LogP contribution in [0.5, 0.6) is 0 Å². The number of carbonyl (C=O) groups excluding carboxylic acids is 1. The second-order valence-corrected chi connectivity index (χ2v) is 5.29. The maximum Gasteiger partial charge on any atom is 0.274 e. The molecule has 0 aliphatic carbocycles. The summed E-state index contributed by atoms with van der Waals surface area (Å²) in [6.07, 6.45) is 0.833. The minimum atomic E-state index is -0.200. The number of benzene rings is 1. The van der Waals surface area contributed by atoms with Crippen LogP contribution < -0.4 is 5.32 Å². The first-order valence-electron chi connectivity index (χ1n) is 6.96. The number of nitrogens with one attached hydrogen (secondary N) is 2. The molecule has 0 aliphatic heterocycles. The summed E-state index contributed by atoms with van der Waals surface area (Å²) in [6.45, 7) is 2.65. The quantitative estimate of drug-likeness (QED) is 0.845. The van der Waals surface area contributed by atoms with Gasteiger partial charge in [0.05, 0.1) is 11.7 Å². The first-order valence-corrected chi connectivity index (χ1v) is 6.96. The normalized spacial score (nSPS) is 12.4. The third-order valence-electron chi connectivity index (χ3n) is 3.31. The largest absolute Gasteiger partial charge is 0.344 e. The minimum absolute atomic E-state index is 0.0443. The van der Waals surface area contributed by atoms with Crippen molar-refractivity contribution in [3.8, 4) is 0 Å². The van der Waals surface area contributed by atoms with Gasteiger partial charge >= 0.3 is 0 Å². The molecule has 1 aromatic heterocycles. The van der Waals surface area contributed by atoms with Crippen molar-refractivity contribution in [2.75, 3.05) is 20.6 Å². The lowest BCUT2D eigenvalue weighted by Gasteiger charge is -2.21. The zero-order valence-corrected chi connectivity index (χ0v) is 12.6. The third kappa shape index (κ3) is 4.13. The number of H-pyrrole nitrogens is 1. The van der Waals surface area contributed by atoms with Gasteiger partial charge in [-0.2, -0.15) is 15.4 Å². The fraction of sp³-hybridized carbons (Fsp3) is 0.400. The van der Waals surface area contributed by atoms with E-state index >= 15 is 0 Å². The van der Waals surface area contributed by atoms with E-state index in [1.54, 1.807) is 6.92 Å². The van der Waals surface area contributed by atoms with Crippen molar-refractivity contribution in [3.63, 3.8) is 0 Å². The van der Waals surface area contributed by atoms with E-state index in [-0.39, 0.29) is 11.9 Å². The number of amides is 1. The Morgan fingerprint density at radius 2 is 2.00 bits per heavy atom. The predicted octanol–water partition coefficient (Wildman–Crippen LogP) is 1.54. The molecule has 0 spiro atoms. The van der Waals surface area contributed by atoms with E-state index in [1.807, 2.05) is 44.4 Å². The number of carbonyl (C=O) groups is 1. The molecule has 0 unspecified atom stereocenters. The van der Waals surface area contributed by atoms with Crippen molar-refractivity contribution in [3.05, 3.63) is 47.3 Å². The van der Waals surface area contributed by atoms with Crippen LogP contribution in [0.15, 0.2) is 30.3 Å². The second-order valence-electron chi connectivity index (χ2n) is 5.29. The highest BCUT2D eigenvalue weighted by molar-refractivity contribution is 5.93. The van der Waals surface area contributed by atoms with Gasteiger partial charge in [0, 0.05) is 0 Å². The molecule has 1 heterocycles. The molecular weight excluding hydrogens is 266 g/mol. The Balaban J connectivity index is 2.12. The Labute approximate surface area is 124 Å². The van der Waals surface area contributed by atoms with E-state index in [9.17, 15) is 4.79 Å². The van der Waals surface area contributed by atoms with E-state index in [0.717, 1.165) is 18.5 Å². The van der Waals surface area contributed by atoms with Gasteiger partial charge < -0.3 is 10.2 Å². The Morgan fingerprint density at radius 1 is 1.29 bits per heavy atom. The lowest BCUT2D eigenvalue weighted by molar-refractivity contribution is 0.0927. The van der Waals surface area contributed by atoms with E-state index in [0.29, 0.717) is 11.4 Å². The number of hydrogen-bond acceptors (Lipinski definition) is 4. The summed E-state index contributed by atoms with van der Waals surface area (Å²) in [6, 6.07) is 9.93. The van der Waals surface area contributed by atoms with Crippen LogP contribution in [-0.4, -0.2) is 46.9 Å². The summed E-state index contributed by atoms with van der Waals surface area (Å²) in [4.78, 5) is 14.4. The number of nitrogens with zero attached hydrogens (tertiary/aromatic N) is 3. The minimum Gasteiger partial charge on any atom is -0.344 e. The zero-order chi connectivity index (χ0) is 15.2. The van der Waals surface area contributed by atoms with Crippen LogP contribution in [-0.2, 0) is 0 Å². The molecule has 0 fully saturated rings. The first-order chi connectivity index (χ1) is 10.1. The van der Waals surface area contributed by atoms with Crippen molar-refractivity contribution >= 4 is 5.91 Å². The molecule has 0 aliphatic rings. The van der Waals surface area contributed by atoms with Crippen LogP contribution in [0, 0.1) is 6.92 Å². The molecule has 0 saturated carbocycles. The van der Waals surface area contributed by atoms with Gasteiger partial charge in [-0.3, -0.25) is 4.79 Å². The average Bonchev–Trinajstić information content (AvgIpc) is 2.90. The summed E-state index contributed by atoms with van der Waals surface area (Å²) >= 11 is 0. The van der Waals surface area contributed by atoms with Crippen molar-refractivity contribution in [2.24, 2.45) is 0 Å². The monoisotopic (exact) mass is 287 g/mol. The predicted molar refractivity (Wildman–Crippen MR) is 80.9 cm³/mol. The SMILES string of the molecule is Cc1n[nH]nc1C(=O)N[C@@H](CCN(C)C)c1ccccc1. The smallest absolute Gasteiger partial charge is 0.274 e. The fourth-order valence-corrected chi connectivity index (χ4v) is 2.12. The van der Waals surface area contributed by atoms with Crippen LogP contribution in [0.4, 0.5) is 0 Å². The van der Waals surface area contributed by atoms with Crippen molar-refractivity contribution < 1.29 is 4.79 Å².